The van der Waals surface area contributed by atoms with Gasteiger partial charge in [0.1, 0.15) is 17.5 Å². The smallest absolute Gasteiger partial charge is 0.156 e. The highest BCUT2D eigenvalue weighted by Crippen LogP contribution is 2.22. The van der Waals surface area contributed by atoms with Gasteiger partial charge in [0.25, 0.3) is 0 Å². The SMILES string of the molecule is CNc1cc(NCc2cc(C)no2)nc(C(C)(C)C)n1. The first kappa shape index (κ1) is 14.3. The van der Waals surface area contributed by atoms with Gasteiger partial charge in [0.15, 0.2) is 5.76 Å². The summed E-state index contributed by atoms with van der Waals surface area (Å²) in [5.41, 5.74) is 0.766. The van der Waals surface area contributed by atoms with E-state index >= 15 is 0 Å². The minimum Gasteiger partial charge on any atom is -0.373 e. The van der Waals surface area contributed by atoms with Crippen molar-refractivity contribution in [1.82, 2.24) is 15.1 Å². The molecule has 2 heterocycles. The van der Waals surface area contributed by atoms with Crippen LogP contribution in [0.3, 0.4) is 0 Å². The number of nitrogens with one attached hydrogen (secondary N) is 2. The summed E-state index contributed by atoms with van der Waals surface area (Å²) in [5.74, 6) is 3.13. The Morgan fingerprint density at radius 1 is 1.15 bits per heavy atom. The van der Waals surface area contributed by atoms with Crippen molar-refractivity contribution in [3.8, 4) is 0 Å². The van der Waals surface area contributed by atoms with E-state index in [2.05, 4.69) is 46.5 Å². The number of anilines is 2. The molecule has 0 radical (unpaired) electrons. The second-order valence-corrected chi connectivity index (χ2v) is 5.75. The Morgan fingerprint density at radius 2 is 1.85 bits per heavy atom. The van der Waals surface area contributed by atoms with Gasteiger partial charge in [-0.1, -0.05) is 25.9 Å². The van der Waals surface area contributed by atoms with Crippen LogP contribution in [0, 0.1) is 6.92 Å². The van der Waals surface area contributed by atoms with E-state index in [0.29, 0.717) is 6.54 Å². The fourth-order valence-corrected chi connectivity index (χ4v) is 1.68. The normalized spacial score (nSPS) is 11.4. The molecular weight excluding hydrogens is 254 g/mol. The first-order chi connectivity index (χ1) is 9.38. The van der Waals surface area contributed by atoms with Crippen molar-refractivity contribution in [2.45, 2.75) is 39.7 Å². The molecule has 6 heteroatoms. The van der Waals surface area contributed by atoms with E-state index < -0.39 is 0 Å². The summed E-state index contributed by atoms with van der Waals surface area (Å²) < 4.78 is 5.17. The van der Waals surface area contributed by atoms with Crippen molar-refractivity contribution in [3.05, 3.63) is 29.4 Å². The van der Waals surface area contributed by atoms with Gasteiger partial charge in [0, 0.05) is 24.6 Å². The van der Waals surface area contributed by atoms with Gasteiger partial charge < -0.3 is 15.2 Å². The zero-order valence-electron chi connectivity index (χ0n) is 12.6. The predicted octanol–water partition coefficient (Wildman–Crippen LogP) is 2.72. The fourth-order valence-electron chi connectivity index (χ4n) is 1.68. The van der Waals surface area contributed by atoms with Crippen molar-refractivity contribution in [3.63, 3.8) is 0 Å². The highest BCUT2D eigenvalue weighted by Gasteiger charge is 2.19. The van der Waals surface area contributed by atoms with Crippen LogP contribution in [0.25, 0.3) is 0 Å². The van der Waals surface area contributed by atoms with E-state index in [9.17, 15) is 0 Å². The number of aromatic nitrogens is 3. The molecule has 108 valence electrons. The van der Waals surface area contributed by atoms with Crippen molar-refractivity contribution in [2.24, 2.45) is 0 Å². The highest BCUT2D eigenvalue weighted by molar-refractivity contribution is 5.47. The van der Waals surface area contributed by atoms with Crippen LogP contribution < -0.4 is 10.6 Å². The van der Waals surface area contributed by atoms with Gasteiger partial charge in [-0.15, -0.1) is 0 Å². The molecule has 2 aromatic heterocycles. The third kappa shape index (κ3) is 3.46. The molecule has 0 aliphatic carbocycles. The van der Waals surface area contributed by atoms with E-state index in [1.54, 1.807) is 0 Å². The Hall–Kier alpha value is -2.11. The Balaban J connectivity index is 2.18. The number of aryl methyl sites for hydroxylation is 1. The Bertz CT molecular complexity index is 585. The van der Waals surface area contributed by atoms with Gasteiger partial charge in [-0.3, -0.25) is 0 Å². The lowest BCUT2D eigenvalue weighted by molar-refractivity contribution is 0.384. The first-order valence-electron chi connectivity index (χ1n) is 6.62. The highest BCUT2D eigenvalue weighted by atomic mass is 16.5. The van der Waals surface area contributed by atoms with Crippen LogP contribution in [0.1, 0.15) is 38.0 Å². The van der Waals surface area contributed by atoms with Gasteiger partial charge in [0.05, 0.1) is 12.2 Å². The summed E-state index contributed by atoms with van der Waals surface area (Å²) in [5, 5.41) is 10.2. The molecule has 0 spiro atoms. The lowest BCUT2D eigenvalue weighted by atomic mass is 9.96. The minimum atomic E-state index is -0.105. The molecule has 0 amide bonds. The van der Waals surface area contributed by atoms with Crippen molar-refractivity contribution < 1.29 is 4.52 Å². The summed E-state index contributed by atoms with van der Waals surface area (Å²) in [6, 6.07) is 3.77. The Labute approximate surface area is 119 Å². The summed E-state index contributed by atoms with van der Waals surface area (Å²) in [7, 11) is 1.85. The van der Waals surface area contributed by atoms with Gasteiger partial charge in [0.2, 0.25) is 0 Å². The quantitative estimate of drug-likeness (QED) is 0.893. The van der Waals surface area contributed by atoms with Crippen LogP contribution in [0.5, 0.6) is 0 Å². The molecule has 2 rings (SSSR count). The fraction of sp³-hybridized carbons (Fsp3) is 0.500. The van der Waals surface area contributed by atoms with Crippen molar-refractivity contribution in [2.75, 3.05) is 17.7 Å². The molecule has 2 aromatic rings. The van der Waals surface area contributed by atoms with Crippen LogP contribution >= 0.6 is 0 Å². The molecule has 0 saturated carbocycles. The van der Waals surface area contributed by atoms with E-state index in [-0.39, 0.29) is 5.41 Å². The molecule has 0 unspecified atom stereocenters. The number of rotatable bonds is 4. The van der Waals surface area contributed by atoms with Gasteiger partial charge in [-0.05, 0) is 6.92 Å². The molecule has 0 saturated heterocycles. The lowest BCUT2D eigenvalue weighted by Crippen LogP contribution is -2.18. The molecule has 2 N–H and O–H groups in total. The third-order valence-electron chi connectivity index (χ3n) is 2.77. The minimum absolute atomic E-state index is 0.105. The topological polar surface area (TPSA) is 75.9 Å². The monoisotopic (exact) mass is 275 g/mol. The molecule has 0 bridgehead atoms. The maximum absolute atomic E-state index is 5.17. The molecular formula is C14H21N5O. The first-order valence-corrected chi connectivity index (χ1v) is 6.62. The van der Waals surface area contributed by atoms with E-state index in [0.717, 1.165) is 28.9 Å². The Kier molecular flexibility index (Phi) is 3.92. The number of nitrogens with zero attached hydrogens (tertiary/aromatic N) is 3. The number of hydrogen-bond acceptors (Lipinski definition) is 6. The van der Waals surface area contributed by atoms with Gasteiger partial charge in [-0.2, -0.15) is 0 Å². The van der Waals surface area contributed by atoms with Crippen molar-refractivity contribution >= 4 is 11.6 Å². The third-order valence-corrected chi connectivity index (χ3v) is 2.77. The van der Waals surface area contributed by atoms with Crippen LogP contribution in [0.4, 0.5) is 11.6 Å². The second kappa shape index (κ2) is 5.48. The zero-order valence-corrected chi connectivity index (χ0v) is 12.6. The van der Waals surface area contributed by atoms with E-state index in [1.165, 1.54) is 0 Å². The van der Waals surface area contributed by atoms with Gasteiger partial charge >= 0.3 is 0 Å². The van der Waals surface area contributed by atoms with Crippen LogP contribution in [0.15, 0.2) is 16.7 Å². The largest absolute Gasteiger partial charge is 0.373 e. The van der Waals surface area contributed by atoms with Crippen LogP contribution in [0.2, 0.25) is 0 Å². The maximum Gasteiger partial charge on any atom is 0.156 e. The standard InChI is InChI=1S/C14H21N5O/c1-9-6-10(20-19-9)8-16-12-7-11(15-5)17-13(18-12)14(2,3)4/h6-7H,8H2,1-5H3,(H2,15,16,17,18). The Morgan fingerprint density at radius 3 is 2.40 bits per heavy atom. The molecule has 0 atom stereocenters. The molecule has 0 aliphatic rings. The lowest BCUT2D eigenvalue weighted by Gasteiger charge is -2.18. The van der Waals surface area contributed by atoms with Crippen molar-refractivity contribution in [1.29, 1.82) is 0 Å². The van der Waals surface area contributed by atoms with Crippen LogP contribution in [-0.2, 0) is 12.0 Å². The zero-order chi connectivity index (χ0) is 14.8. The molecule has 20 heavy (non-hydrogen) atoms. The summed E-state index contributed by atoms with van der Waals surface area (Å²) >= 11 is 0. The molecule has 0 aliphatic heterocycles. The molecule has 6 nitrogen and oxygen atoms in total. The summed E-state index contributed by atoms with van der Waals surface area (Å²) in [4.78, 5) is 9.03. The number of hydrogen-bond donors (Lipinski definition) is 2. The average Bonchev–Trinajstić information content (AvgIpc) is 2.81. The maximum atomic E-state index is 5.17. The molecule has 0 fully saturated rings. The summed E-state index contributed by atoms with van der Waals surface area (Å²) in [6.07, 6.45) is 0. The van der Waals surface area contributed by atoms with Gasteiger partial charge in [-0.25, -0.2) is 9.97 Å². The molecule has 0 aromatic carbocycles. The van der Waals surface area contributed by atoms with Crippen LogP contribution in [-0.4, -0.2) is 22.2 Å². The van der Waals surface area contributed by atoms with E-state index in [1.807, 2.05) is 26.1 Å². The second-order valence-electron chi connectivity index (χ2n) is 5.75. The van der Waals surface area contributed by atoms with E-state index in [4.69, 9.17) is 4.52 Å². The predicted molar refractivity (Wildman–Crippen MR) is 78.8 cm³/mol. The summed E-state index contributed by atoms with van der Waals surface area (Å²) in [6.45, 7) is 8.71. The average molecular weight is 275 g/mol.